The fourth-order valence-electron chi connectivity index (χ4n) is 1.52. The summed E-state index contributed by atoms with van der Waals surface area (Å²) >= 11 is 11.7. The Labute approximate surface area is 124 Å². The molecule has 2 N–H and O–H groups in total. The summed E-state index contributed by atoms with van der Waals surface area (Å²) in [5, 5.41) is 0.217. The molecule has 4 nitrogen and oxygen atoms in total. The number of carbonyl (C=O) groups excluding carboxylic acids is 1. The Bertz CT molecular complexity index is 665. The van der Waals surface area contributed by atoms with E-state index < -0.39 is 11.8 Å². The van der Waals surface area contributed by atoms with Crippen molar-refractivity contribution in [2.75, 3.05) is 5.73 Å². The van der Waals surface area contributed by atoms with E-state index in [0.717, 1.165) is 6.20 Å². The molecule has 0 unspecified atom stereocenters. The van der Waals surface area contributed by atoms with Crippen LogP contribution < -0.4 is 5.73 Å². The lowest BCUT2D eigenvalue weighted by Gasteiger charge is -2.08. The van der Waals surface area contributed by atoms with E-state index in [2.05, 4.69) is 4.98 Å². The number of hydrogen-bond donors (Lipinski definition) is 1. The number of hydrogen-bond acceptors (Lipinski definition) is 4. The number of nitrogens with zero attached hydrogens (tertiary/aromatic N) is 1. The molecule has 0 saturated carbocycles. The molecule has 104 valence electrons. The number of anilines is 1. The highest BCUT2D eigenvalue weighted by Crippen LogP contribution is 2.29. The predicted molar refractivity (Wildman–Crippen MR) is 74.2 cm³/mol. The van der Waals surface area contributed by atoms with Crippen molar-refractivity contribution >= 4 is 34.9 Å². The maximum atomic E-state index is 12.9. The lowest BCUT2D eigenvalue weighted by atomic mass is 10.2. The Hall–Kier alpha value is -1.85. The third-order valence-electron chi connectivity index (χ3n) is 2.40. The smallest absolute Gasteiger partial charge is 0.340 e. The number of benzene rings is 1. The molecule has 0 saturated heterocycles. The second kappa shape index (κ2) is 6.07. The first-order valence-electron chi connectivity index (χ1n) is 5.48. The van der Waals surface area contributed by atoms with E-state index >= 15 is 0 Å². The van der Waals surface area contributed by atoms with Crippen molar-refractivity contribution in [2.24, 2.45) is 0 Å². The Morgan fingerprint density at radius 1 is 1.30 bits per heavy atom. The second-order valence-corrected chi connectivity index (χ2v) is 4.74. The van der Waals surface area contributed by atoms with Crippen LogP contribution in [0, 0.1) is 5.82 Å². The summed E-state index contributed by atoms with van der Waals surface area (Å²) in [4.78, 5) is 15.5. The average Bonchev–Trinajstić information content (AvgIpc) is 2.40. The molecule has 1 aromatic heterocycles. The molecule has 7 heteroatoms. The lowest BCUT2D eigenvalue weighted by molar-refractivity contribution is 0.0472. The molecule has 0 amide bonds. The van der Waals surface area contributed by atoms with E-state index in [0.29, 0.717) is 11.3 Å². The van der Waals surface area contributed by atoms with Crippen LogP contribution in [0.5, 0.6) is 0 Å². The Morgan fingerprint density at radius 3 is 2.75 bits per heavy atom. The fourth-order valence-corrected chi connectivity index (χ4v) is 1.93. The fraction of sp³-hybridized carbons (Fsp3) is 0.0769. The van der Waals surface area contributed by atoms with Gasteiger partial charge in [-0.15, -0.1) is 0 Å². The SMILES string of the molecule is Nc1cc(Cl)c(Cl)c(C(=O)OCc2cncc(F)c2)c1. The van der Waals surface area contributed by atoms with Crippen molar-refractivity contribution < 1.29 is 13.9 Å². The van der Waals surface area contributed by atoms with E-state index in [-0.39, 0.29) is 22.2 Å². The van der Waals surface area contributed by atoms with Gasteiger partial charge >= 0.3 is 5.97 Å². The lowest BCUT2D eigenvalue weighted by Crippen LogP contribution is -2.07. The van der Waals surface area contributed by atoms with E-state index in [1.807, 2.05) is 0 Å². The van der Waals surface area contributed by atoms with Gasteiger partial charge in [0.05, 0.1) is 21.8 Å². The molecular formula is C13H9Cl2FN2O2. The molecule has 0 spiro atoms. The van der Waals surface area contributed by atoms with Gasteiger partial charge in [-0.3, -0.25) is 4.98 Å². The van der Waals surface area contributed by atoms with Crippen molar-refractivity contribution in [3.05, 3.63) is 57.6 Å². The van der Waals surface area contributed by atoms with E-state index in [4.69, 9.17) is 33.7 Å². The van der Waals surface area contributed by atoms with Crippen LogP contribution in [0.4, 0.5) is 10.1 Å². The van der Waals surface area contributed by atoms with Crippen LogP contribution in [0.25, 0.3) is 0 Å². The van der Waals surface area contributed by atoms with E-state index in [9.17, 15) is 9.18 Å². The van der Waals surface area contributed by atoms with Gasteiger partial charge in [-0.05, 0) is 18.2 Å². The summed E-state index contributed by atoms with van der Waals surface area (Å²) in [6, 6.07) is 4.01. The largest absolute Gasteiger partial charge is 0.457 e. The number of pyridine rings is 1. The standard InChI is InChI=1S/C13H9Cl2FN2O2/c14-11-3-9(17)2-10(12(11)15)13(19)20-6-7-1-8(16)5-18-4-7/h1-5H,6,17H2. The molecule has 0 fully saturated rings. The van der Waals surface area contributed by atoms with Crippen LogP contribution in [0.1, 0.15) is 15.9 Å². The summed E-state index contributed by atoms with van der Waals surface area (Å²) in [7, 11) is 0. The Kier molecular flexibility index (Phi) is 4.42. The maximum absolute atomic E-state index is 12.9. The van der Waals surface area contributed by atoms with Crippen LogP contribution in [0.3, 0.4) is 0 Å². The molecule has 20 heavy (non-hydrogen) atoms. The molecule has 0 aliphatic rings. The quantitative estimate of drug-likeness (QED) is 0.696. The van der Waals surface area contributed by atoms with Gasteiger partial charge in [-0.2, -0.15) is 0 Å². The molecule has 0 bridgehead atoms. The second-order valence-electron chi connectivity index (χ2n) is 3.95. The molecule has 0 aliphatic heterocycles. The predicted octanol–water partition coefficient (Wildman–Crippen LogP) is 3.47. The third-order valence-corrected chi connectivity index (χ3v) is 3.20. The van der Waals surface area contributed by atoms with Gasteiger partial charge in [-0.25, -0.2) is 9.18 Å². The zero-order valence-electron chi connectivity index (χ0n) is 10.1. The number of aromatic nitrogens is 1. The molecule has 0 radical (unpaired) electrons. The number of halogens is 3. The van der Waals surface area contributed by atoms with Gasteiger partial charge < -0.3 is 10.5 Å². The first-order valence-corrected chi connectivity index (χ1v) is 6.24. The highest BCUT2D eigenvalue weighted by atomic mass is 35.5. The van der Waals surface area contributed by atoms with Crippen LogP contribution in [0.2, 0.25) is 10.0 Å². The molecule has 1 heterocycles. The minimum Gasteiger partial charge on any atom is -0.457 e. The highest BCUT2D eigenvalue weighted by Gasteiger charge is 2.15. The molecule has 2 aromatic rings. The van der Waals surface area contributed by atoms with Gasteiger partial charge in [0.1, 0.15) is 12.4 Å². The normalized spacial score (nSPS) is 10.3. The summed E-state index contributed by atoms with van der Waals surface area (Å²) in [6.07, 6.45) is 2.45. The van der Waals surface area contributed by atoms with E-state index in [1.165, 1.54) is 24.4 Å². The number of rotatable bonds is 3. The molecule has 1 aromatic carbocycles. The summed E-state index contributed by atoms with van der Waals surface area (Å²) in [5.74, 6) is -1.21. The monoisotopic (exact) mass is 314 g/mol. The minimum atomic E-state index is -0.700. The Morgan fingerprint density at radius 2 is 2.05 bits per heavy atom. The number of carbonyl (C=O) groups is 1. The van der Waals surface area contributed by atoms with Gasteiger partial charge in [0.25, 0.3) is 0 Å². The van der Waals surface area contributed by atoms with E-state index in [1.54, 1.807) is 0 Å². The highest BCUT2D eigenvalue weighted by molar-refractivity contribution is 6.44. The van der Waals surface area contributed by atoms with Gasteiger partial charge in [-0.1, -0.05) is 23.2 Å². The Balaban J connectivity index is 2.13. The minimum absolute atomic E-state index is 0.0565. The topological polar surface area (TPSA) is 65.2 Å². The van der Waals surface area contributed by atoms with Crippen LogP contribution >= 0.6 is 23.2 Å². The van der Waals surface area contributed by atoms with Gasteiger partial charge in [0.15, 0.2) is 0 Å². The number of nitrogens with two attached hydrogens (primary N) is 1. The van der Waals surface area contributed by atoms with Crippen LogP contribution in [0.15, 0.2) is 30.6 Å². The van der Waals surface area contributed by atoms with Crippen molar-refractivity contribution in [1.82, 2.24) is 4.98 Å². The van der Waals surface area contributed by atoms with Gasteiger partial charge in [0.2, 0.25) is 0 Å². The number of nitrogen functional groups attached to an aromatic ring is 1. The first kappa shape index (κ1) is 14.6. The molecule has 2 rings (SSSR count). The summed E-state index contributed by atoms with van der Waals surface area (Å²) < 4.78 is 17.9. The summed E-state index contributed by atoms with van der Waals surface area (Å²) in [6.45, 7) is -0.133. The van der Waals surface area contributed by atoms with Crippen LogP contribution in [-0.4, -0.2) is 11.0 Å². The molecule has 0 atom stereocenters. The third kappa shape index (κ3) is 3.37. The summed E-state index contributed by atoms with van der Waals surface area (Å²) in [5.41, 5.74) is 6.35. The first-order chi connectivity index (χ1) is 9.47. The van der Waals surface area contributed by atoms with Crippen LogP contribution in [-0.2, 0) is 11.3 Å². The zero-order valence-corrected chi connectivity index (χ0v) is 11.6. The maximum Gasteiger partial charge on any atom is 0.340 e. The van der Waals surface area contributed by atoms with Gasteiger partial charge in [0, 0.05) is 17.4 Å². The molecular weight excluding hydrogens is 306 g/mol. The zero-order chi connectivity index (χ0) is 14.7. The van der Waals surface area contributed by atoms with Crippen molar-refractivity contribution in [1.29, 1.82) is 0 Å². The van der Waals surface area contributed by atoms with Crippen molar-refractivity contribution in [3.8, 4) is 0 Å². The average molecular weight is 315 g/mol. The van der Waals surface area contributed by atoms with Crippen molar-refractivity contribution in [3.63, 3.8) is 0 Å². The molecule has 0 aliphatic carbocycles. The number of ether oxygens (including phenoxy) is 1. The van der Waals surface area contributed by atoms with Crippen molar-refractivity contribution in [2.45, 2.75) is 6.61 Å². The number of esters is 1.